The van der Waals surface area contributed by atoms with E-state index in [9.17, 15) is 9.36 Å². The van der Waals surface area contributed by atoms with Gasteiger partial charge < -0.3 is 11.1 Å². The zero-order valence-corrected chi connectivity index (χ0v) is 31.0. The smallest absolute Gasteiger partial charge is 0.326 e. The Kier molecular flexibility index (Phi) is 11.6. The zero-order valence-electron chi connectivity index (χ0n) is 28.5. The summed E-state index contributed by atoms with van der Waals surface area (Å²) in [5, 5.41) is 13.4. The standard InChI is InChI=1S/C35H40ClN6O5PS/c1-20(2)46-48(44,47-21(3)4)45-19-27-12-15-29(17-26(27)9-8-16-37)38-31(43)18-30-34-41-40-24(7)42(34)35-32(22(5)23(6)49-35)33(39-30)25-10-13-28(36)14-11-25/h10-15,17,20-21,30H,16,18-19,37H2,1-7H3,(H,38,43)/t30-/m0/s1. The molecule has 3 heterocycles. The monoisotopic (exact) mass is 722 g/mol. The Morgan fingerprint density at radius 3 is 2.43 bits per heavy atom. The van der Waals surface area contributed by atoms with Crippen molar-refractivity contribution < 1.29 is 22.9 Å². The van der Waals surface area contributed by atoms with Gasteiger partial charge in [0.1, 0.15) is 16.9 Å². The number of rotatable bonds is 11. The summed E-state index contributed by atoms with van der Waals surface area (Å²) in [6, 6.07) is 12.1. The van der Waals surface area contributed by atoms with E-state index in [1.54, 1.807) is 57.2 Å². The number of nitrogens with one attached hydrogen (secondary N) is 1. The third-order valence-corrected chi connectivity index (χ3v) is 10.8. The van der Waals surface area contributed by atoms with Gasteiger partial charge in [0, 0.05) is 32.3 Å². The van der Waals surface area contributed by atoms with E-state index in [-0.39, 0.29) is 37.7 Å². The van der Waals surface area contributed by atoms with Crippen LogP contribution in [0.2, 0.25) is 5.02 Å². The van der Waals surface area contributed by atoms with E-state index < -0.39 is 13.9 Å². The number of carbonyl (C=O) groups excluding carboxylic acids is 1. The Morgan fingerprint density at radius 2 is 1.78 bits per heavy atom. The molecule has 0 spiro atoms. The van der Waals surface area contributed by atoms with Crippen molar-refractivity contribution in [3.63, 3.8) is 0 Å². The molecule has 0 bridgehead atoms. The van der Waals surface area contributed by atoms with Crippen LogP contribution < -0.4 is 11.1 Å². The molecular weight excluding hydrogens is 683 g/mol. The molecule has 4 aromatic rings. The van der Waals surface area contributed by atoms with E-state index in [2.05, 4.69) is 41.2 Å². The van der Waals surface area contributed by atoms with Crippen molar-refractivity contribution in [3.8, 4) is 16.8 Å². The molecule has 1 atom stereocenters. The molecule has 258 valence electrons. The summed E-state index contributed by atoms with van der Waals surface area (Å²) in [7, 11) is -3.85. The maximum Gasteiger partial charge on any atom is 0.475 e. The van der Waals surface area contributed by atoms with Crippen LogP contribution in [0, 0.1) is 32.6 Å². The van der Waals surface area contributed by atoms with Crippen LogP contribution in [0.1, 0.15) is 84.5 Å². The number of benzene rings is 2. The molecule has 0 aliphatic carbocycles. The number of fused-ring (bicyclic) bond motifs is 3. The third-order valence-electron chi connectivity index (χ3n) is 7.51. The molecule has 3 N–H and O–H groups in total. The number of aromatic nitrogens is 3. The average Bonchev–Trinajstić information content (AvgIpc) is 3.50. The van der Waals surface area contributed by atoms with Crippen LogP contribution >= 0.6 is 30.8 Å². The molecule has 0 saturated heterocycles. The fourth-order valence-electron chi connectivity index (χ4n) is 5.31. The van der Waals surface area contributed by atoms with Crippen LogP contribution in [-0.2, 0) is 29.5 Å². The van der Waals surface area contributed by atoms with E-state index in [1.165, 1.54) is 0 Å². The number of aryl methyl sites for hydroxylation is 2. The van der Waals surface area contributed by atoms with Crippen molar-refractivity contribution in [3.05, 3.63) is 91.8 Å². The van der Waals surface area contributed by atoms with Gasteiger partial charge in [0.05, 0.1) is 37.5 Å². The molecule has 14 heteroatoms. The number of hydrogen-bond donors (Lipinski definition) is 2. The highest BCUT2D eigenvalue weighted by Gasteiger charge is 2.33. The van der Waals surface area contributed by atoms with Crippen LogP contribution in [-0.4, -0.2) is 45.1 Å². The van der Waals surface area contributed by atoms with Gasteiger partial charge in [0.25, 0.3) is 0 Å². The molecule has 0 saturated carbocycles. The van der Waals surface area contributed by atoms with E-state index >= 15 is 0 Å². The molecule has 5 rings (SSSR count). The van der Waals surface area contributed by atoms with Crippen LogP contribution in [0.5, 0.6) is 0 Å². The minimum Gasteiger partial charge on any atom is -0.326 e. The quantitative estimate of drug-likeness (QED) is 0.119. The molecule has 49 heavy (non-hydrogen) atoms. The number of nitrogens with zero attached hydrogens (tertiary/aromatic N) is 4. The predicted molar refractivity (Wildman–Crippen MR) is 194 cm³/mol. The molecule has 11 nitrogen and oxygen atoms in total. The second kappa shape index (κ2) is 15.5. The molecule has 2 aromatic carbocycles. The van der Waals surface area contributed by atoms with Crippen molar-refractivity contribution in [1.29, 1.82) is 0 Å². The van der Waals surface area contributed by atoms with E-state index in [0.29, 0.717) is 33.5 Å². The van der Waals surface area contributed by atoms with Crippen LogP contribution in [0.15, 0.2) is 47.5 Å². The average molecular weight is 723 g/mol. The van der Waals surface area contributed by atoms with Gasteiger partial charge in [-0.15, -0.1) is 21.5 Å². The Bertz CT molecular complexity index is 1980. The van der Waals surface area contributed by atoms with Crippen molar-refractivity contribution in [2.75, 3.05) is 11.9 Å². The number of phosphoric ester groups is 1. The van der Waals surface area contributed by atoms with Crippen molar-refractivity contribution in [2.45, 2.75) is 79.7 Å². The minimum absolute atomic E-state index is 0.000861. The number of halogens is 1. The summed E-state index contributed by atoms with van der Waals surface area (Å²) < 4.78 is 32.0. The summed E-state index contributed by atoms with van der Waals surface area (Å²) in [4.78, 5) is 20.0. The lowest BCUT2D eigenvalue weighted by Gasteiger charge is -2.22. The van der Waals surface area contributed by atoms with Gasteiger partial charge in [-0.1, -0.05) is 41.6 Å². The number of aliphatic imine (C=N–C) groups is 1. The lowest BCUT2D eigenvalue weighted by atomic mass is 9.99. The van der Waals surface area contributed by atoms with Gasteiger partial charge in [-0.25, -0.2) is 4.57 Å². The lowest BCUT2D eigenvalue weighted by Crippen LogP contribution is -2.17. The molecule has 0 fully saturated rings. The Balaban J connectivity index is 1.44. The van der Waals surface area contributed by atoms with Crippen molar-refractivity contribution in [2.24, 2.45) is 10.7 Å². The molecule has 0 unspecified atom stereocenters. The summed E-state index contributed by atoms with van der Waals surface area (Å²) in [6.07, 6.45) is -0.757. The first-order valence-electron chi connectivity index (χ1n) is 15.9. The second-order valence-corrected chi connectivity index (χ2v) is 15.3. The molecular formula is C35H40ClN6O5PS. The number of thiophene rings is 1. The topological polar surface area (TPSA) is 143 Å². The SMILES string of the molecule is Cc1sc2c(c1C)C(c1ccc(Cl)cc1)=N[C@@H](CC(=O)Nc1ccc(COP(=O)(OC(C)C)OC(C)C)c(C#CCN)c1)c1nnc(C)n1-2. The van der Waals surface area contributed by atoms with Crippen molar-refractivity contribution >= 4 is 48.1 Å². The Labute approximate surface area is 295 Å². The predicted octanol–water partition coefficient (Wildman–Crippen LogP) is 7.61. The first kappa shape index (κ1) is 36.6. The van der Waals surface area contributed by atoms with E-state index in [4.69, 9.17) is 35.9 Å². The summed E-state index contributed by atoms with van der Waals surface area (Å²) in [5.74, 6) is 6.88. The number of anilines is 1. The maximum atomic E-state index is 13.7. The summed E-state index contributed by atoms with van der Waals surface area (Å²) in [5.41, 5.74) is 11.1. The highest BCUT2D eigenvalue weighted by Crippen LogP contribution is 2.52. The van der Waals surface area contributed by atoms with Gasteiger partial charge >= 0.3 is 7.82 Å². The second-order valence-electron chi connectivity index (χ2n) is 12.1. The zero-order chi connectivity index (χ0) is 35.5. The molecule has 1 aliphatic heterocycles. The molecule has 0 radical (unpaired) electrons. The molecule has 2 aromatic heterocycles. The fraction of sp³-hybridized carbons (Fsp3) is 0.371. The van der Waals surface area contributed by atoms with Gasteiger partial charge in [-0.05, 0) is 83.9 Å². The van der Waals surface area contributed by atoms with Gasteiger partial charge in [0.2, 0.25) is 5.91 Å². The first-order chi connectivity index (χ1) is 23.3. The van der Waals surface area contributed by atoms with Crippen LogP contribution in [0.3, 0.4) is 0 Å². The number of carbonyl (C=O) groups is 1. The number of nitrogens with two attached hydrogens (primary N) is 1. The molecule has 1 amide bonds. The van der Waals surface area contributed by atoms with Crippen LogP contribution in [0.4, 0.5) is 5.69 Å². The molecule has 1 aliphatic rings. The maximum absolute atomic E-state index is 13.7. The first-order valence-corrected chi connectivity index (χ1v) is 18.5. The van der Waals surface area contributed by atoms with Gasteiger partial charge in [-0.3, -0.25) is 27.9 Å². The summed E-state index contributed by atoms with van der Waals surface area (Å²) >= 11 is 7.88. The van der Waals surface area contributed by atoms with Crippen molar-refractivity contribution in [1.82, 2.24) is 14.8 Å². The normalized spacial score (nSPS) is 14.2. The van der Waals surface area contributed by atoms with E-state index in [1.807, 2.05) is 35.8 Å². The number of amides is 1. The highest BCUT2D eigenvalue weighted by atomic mass is 35.5. The number of hydrogen-bond acceptors (Lipinski definition) is 10. The number of phosphoric acid groups is 1. The van der Waals surface area contributed by atoms with Crippen LogP contribution in [0.25, 0.3) is 5.00 Å². The fourth-order valence-corrected chi connectivity index (χ4v) is 8.15. The Hall–Kier alpha value is -3.66. The highest BCUT2D eigenvalue weighted by molar-refractivity contribution is 7.48. The van der Waals surface area contributed by atoms with E-state index in [0.717, 1.165) is 32.3 Å². The Morgan fingerprint density at radius 1 is 1.08 bits per heavy atom. The van der Waals surface area contributed by atoms with Gasteiger partial charge in [0.15, 0.2) is 5.82 Å². The largest absolute Gasteiger partial charge is 0.475 e. The lowest BCUT2D eigenvalue weighted by molar-refractivity contribution is -0.116. The third kappa shape index (κ3) is 8.56. The summed E-state index contributed by atoms with van der Waals surface area (Å²) in [6.45, 7) is 13.1. The minimum atomic E-state index is -3.85. The van der Waals surface area contributed by atoms with Gasteiger partial charge in [-0.2, -0.15) is 0 Å².